The number of alkyl halides is 1. The molecule has 76 valence electrons. The maximum absolute atomic E-state index is 5.70. The van der Waals surface area contributed by atoms with Crippen LogP contribution >= 0.6 is 11.6 Å². The van der Waals surface area contributed by atoms with Crippen molar-refractivity contribution in [1.29, 1.82) is 0 Å². The Labute approximate surface area is 88.5 Å². The molecule has 4 heteroatoms. The maximum Gasteiger partial charge on any atom is 0.316 e. The van der Waals surface area contributed by atoms with E-state index in [0.717, 1.165) is 23.8 Å². The highest BCUT2D eigenvalue weighted by atomic mass is 35.5. The molecule has 0 unspecified atom stereocenters. The van der Waals surface area contributed by atoms with Crippen LogP contribution < -0.4 is 4.74 Å². The molecule has 1 aliphatic rings. The quantitative estimate of drug-likeness (QED) is 0.719. The number of aryl methyl sites for hydroxylation is 1. The van der Waals surface area contributed by atoms with Gasteiger partial charge < -0.3 is 4.74 Å². The number of nitrogens with zero attached hydrogens (tertiary/aromatic N) is 2. The van der Waals surface area contributed by atoms with Crippen molar-refractivity contribution in [3.63, 3.8) is 0 Å². The van der Waals surface area contributed by atoms with E-state index in [1.165, 1.54) is 12.8 Å². The molecule has 2 rings (SSSR count). The van der Waals surface area contributed by atoms with Gasteiger partial charge in [-0.2, -0.15) is 0 Å². The van der Waals surface area contributed by atoms with Crippen molar-refractivity contribution in [2.24, 2.45) is 5.92 Å². The minimum Gasteiger partial charge on any atom is -0.463 e. The van der Waals surface area contributed by atoms with E-state index in [9.17, 15) is 0 Å². The highest BCUT2D eigenvalue weighted by Crippen LogP contribution is 2.28. The molecule has 0 radical (unpaired) electrons. The van der Waals surface area contributed by atoms with Gasteiger partial charge in [-0.3, -0.25) is 0 Å². The smallest absolute Gasteiger partial charge is 0.316 e. The number of rotatable bonds is 4. The third-order valence-electron chi connectivity index (χ3n) is 2.35. The number of ether oxygens (including phenoxy) is 1. The zero-order chi connectivity index (χ0) is 9.97. The van der Waals surface area contributed by atoms with Crippen LogP contribution in [-0.4, -0.2) is 16.6 Å². The first kappa shape index (κ1) is 9.71. The van der Waals surface area contributed by atoms with Crippen LogP contribution in [0.2, 0.25) is 0 Å². The Morgan fingerprint density at radius 3 is 2.93 bits per heavy atom. The van der Waals surface area contributed by atoms with Gasteiger partial charge in [0.15, 0.2) is 0 Å². The fourth-order valence-electron chi connectivity index (χ4n) is 1.15. The summed E-state index contributed by atoms with van der Waals surface area (Å²) in [6.07, 6.45) is 4.29. The Morgan fingerprint density at radius 2 is 2.36 bits per heavy atom. The zero-order valence-corrected chi connectivity index (χ0v) is 8.92. The summed E-state index contributed by atoms with van der Waals surface area (Å²) in [7, 11) is 0. The minimum atomic E-state index is 0.453. The number of halogens is 1. The highest BCUT2D eigenvalue weighted by molar-refractivity contribution is 6.17. The Kier molecular flexibility index (Phi) is 2.87. The summed E-state index contributed by atoms with van der Waals surface area (Å²) in [5.41, 5.74) is 1.87. The fourth-order valence-corrected chi connectivity index (χ4v) is 1.41. The molecule has 14 heavy (non-hydrogen) atoms. The van der Waals surface area contributed by atoms with Crippen LogP contribution in [0.15, 0.2) is 6.20 Å². The van der Waals surface area contributed by atoms with Gasteiger partial charge in [-0.1, -0.05) is 0 Å². The van der Waals surface area contributed by atoms with Gasteiger partial charge in [0.05, 0.1) is 12.5 Å². The second-order valence-corrected chi connectivity index (χ2v) is 3.92. The van der Waals surface area contributed by atoms with Crippen LogP contribution in [0, 0.1) is 12.8 Å². The summed E-state index contributed by atoms with van der Waals surface area (Å²) >= 11 is 5.70. The first-order valence-corrected chi connectivity index (χ1v) is 5.34. The lowest BCUT2D eigenvalue weighted by atomic mass is 10.3. The summed E-state index contributed by atoms with van der Waals surface area (Å²) in [6.45, 7) is 2.67. The second kappa shape index (κ2) is 4.13. The summed E-state index contributed by atoms with van der Waals surface area (Å²) in [5.74, 6) is 1.18. The van der Waals surface area contributed by atoms with Crippen LogP contribution in [0.5, 0.6) is 6.01 Å². The zero-order valence-electron chi connectivity index (χ0n) is 8.16. The lowest BCUT2D eigenvalue weighted by Gasteiger charge is -2.05. The van der Waals surface area contributed by atoms with Crippen LogP contribution in [0.1, 0.15) is 24.1 Å². The molecule has 1 fully saturated rings. The molecule has 0 saturated heterocycles. The molecule has 0 atom stereocenters. The summed E-state index contributed by atoms with van der Waals surface area (Å²) in [5, 5.41) is 0. The molecule has 1 saturated carbocycles. The molecule has 1 aromatic heterocycles. The van der Waals surface area contributed by atoms with Gasteiger partial charge in [-0.05, 0) is 25.7 Å². The largest absolute Gasteiger partial charge is 0.463 e. The molecule has 0 aromatic carbocycles. The van der Waals surface area contributed by atoms with Crippen molar-refractivity contribution < 1.29 is 4.74 Å². The normalized spacial score (nSPS) is 15.6. The molecule has 0 bridgehead atoms. The van der Waals surface area contributed by atoms with E-state index in [4.69, 9.17) is 16.3 Å². The Balaban J connectivity index is 1.99. The topological polar surface area (TPSA) is 35.0 Å². The predicted octanol–water partition coefficient (Wildman–Crippen LogP) is 2.31. The summed E-state index contributed by atoms with van der Waals surface area (Å²) in [6, 6.07) is 0.475. The van der Waals surface area contributed by atoms with Crippen molar-refractivity contribution in [3.05, 3.63) is 17.5 Å². The van der Waals surface area contributed by atoms with Crippen LogP contribution in [0.3, 0.4) is 0 Å². The Bertz CT molecular complexity index is 326. The first-order valence-electron chi connectivity index (χ1n) is 4.81. The predicted molar refractivity (Wildman–Crippen MR) is 54.5 cm³/mol. The van der Waals surface area contributed by atoms with E-state index in [0.29, 0.717) is 11.9 Å². The number of aromatic nitrogens is 2. The number of hydrogen-bond acceptors (Lipinski definition) is 3. The molecular formula is C10H13ClN2O. The standard InChI is InChI=1S/C10H13ClN2O/c1-7-9(4-11)5-12-10(13-7)14-6-8-2-3-8/h5,8H,2-4,6H2,1H3. The van der Waals surface area contributed by atoms with Crippen molar-refractivity contribution in [1.82, 2.24) is 9.97 Å². The molecule has 1 aromatic rings. The molecule has 1 aliphatic carbocycles. The molecular weight excluding hydrogens is 200 g/mol. The fraction of sp³-hybridized carbons (Fsp3) is 0.600. The van der Waals surface area contributed by atoms with Crippen molar-refractivity contribution in [2.75, 3.05) is 6.61 Å². The van der Waals surface area contributed by atoms with E-state index in [1.807, 2.05) is 6.92 Å². The van der Waals surface area contributed by atoms with Crippen LogP contribution in [0.25, 0.3) is 0 Å². The lowest BCUT2D eigenvalue weighted by molar-refractivity contribution is 0.275. The van der Waals surface area contributed by atoms with Crippen LogP contribution in [-0.2, 0) is 5.88 Å². The van der Waals surface area contributed by atoms with Gasteiger partial charge in [-0.25, -0.2) is 9.97 Å². The monoisotopic (exact) mass is 212 g/mol. The van der Waals surface area contributed by atoms with Crippen molar-refractivity contribution in [3.8, 4) is 6.01 Å². The molecule has 0 N–H and O–H groups in total. The van der Waals surface area contributed by atoms with Crippen molar-refractivity contribution >= 4 is 11.6 Å². The molecule has 3 nitrogen and oxygen atoms in total. The SMILES string of the molecule is Cc1nc(OCC2CC2)ncc1CCl. The third kappa shape index (κ3) is 2.35. The average molecular weight is 213 g/mol. The van der Waals surface area contributed by atoms with Gasteiger partial charge in [0.1, 0.15) is 0 Å². The average Bonchev–Trinajstić information content (AvgIpc) is 2.98. The minimum absolute atomic E-state index is 0.453. The van der Waals surface area contributed by atoms with E-state index < -0.39 is 0 Å². The maximum atomic E-state index is 5.70. The molecule has 1 heterocycles. The van der Waals surface area contributed by atoms with Gasteiger partial charge in [-0.15, -0.1) is 11.6 Å². The van der Waals surface area contributed by atoms with Crippen LogP contribution in [0.4, 0.5) is 0 Å². The molecule has 0 amide bonds. The molecule has 0 aliphatic heterocycles. The van der Waals surface area contributed by atoms with E-state index in [-0.39, 0.29) is 0 Å². The summed E-state index contributed by atoms with van der Waals surface area (Å²) < 4.78 is 5.44. The highest BCUT2D eigenvalue weighted by Gasteiger charge is 2.22. The van der Waals surface area contributed by atoms with Gasteiger partial charge in [0.2, 0.25) is 0 Å². The number of hydrogen-bond donors (Lipinski definition) is 0. The molecule has 0 spiro atoms. The third-order valence-corrected chi connectivity index (χ3v) is 2.64. The van der Waals surface area contributed by atoms with Crippen molar-refractivity contribution in [2.45, 2.75) is 25.6 Å². The Hall–Kier alpha value is -0.830. The van der Waals surface area contributed by atoms with E-state index >= 15 is 0 Å². The van der Waals surface area contributed by atoms with E-state index in [2.05, 4.69) is 9.97 Å². The first-order chi connectivity index (χ1) is 6.79. The van der Waals surface area contributed by atoms with Gasteiger partial charge in [0, 0.05) is 17.5 Å². The van der Waals surface area contributed by atoms with Gasteiger partial charge in [0.25, 0.3) is 0 Å². The summed E-state index contributed by atoms with van der Waals surface area (Å²) in [4.78, 5) is 8.32. The Morgan fingerprint density at radius 1 is 1.57 bits per heavy atom. The van der Waals surface area contributed by atoms with E-state index in [1.54, 1.807) is 6.20 Å². The second-order valence-electron chi connectivity index (χ2n) is 3.65. The lowest BCUT2D eigenvalue weighted by Crippen LogP contribution is -2.04. The van der Waals surface area contributed by atoms with Gasteiger partial charge >= 0.3 is 6.01 Å².